The molecular weight excluding hydrogens is 248 g/mol. The SMILES string of the molecule is CCCCNC(=NCC(C)N1CCCC(C)C1)NCC. The molecule has 0 aromatic rings. The molecular formula is C16H34N4. The van der Waals surface area contributed by atoms with E-state index in [9.17, 15) is 0 Å². The number of rotatable bonds is 7. The fourth-order valence-electron chi connectivity index (χ4n) is 2.69. The van der Waals surface area contributed by atoms with Crippen molar-refractivity contribution in [1.82, 2.24) is 15.5 Å². The van der Waals surface area contributed by atoms with Gasteiger partial charge in [0.15, 0.2) is 5.96 Å². The fourth-order valence-corrected chi connectivity index (χ4v) is 2.69. The van der Waals surface area contributed by atoms with Gasteiger partial charge in [0, 0.05) is 25.7 Å². The summed E-state index contributed by atoms with van der Waals surface area (Å²) >= 11 is 0. The number of unbranched alkanes of at least 4 members (excludes halogenated alkanes) is 1. The molecule has 1 fully saturated rings. The van der Waals surface area contributed by atoms with Crippen molar-refractivity contribution in [3.05, 3.63) is 0 Å². The highest BCUT2D eigenvalue weighted by molar-refractivity contribution is 5.79. The summed E-state index contributed by atoms with van der Waals surface area (Å²) in [4.78, 5) is 7.33. The number of nitrogens with zero attached hydrogens (tertiary/aromatic N) is 2. The van der Waals surface area contributed by atoms with Crippen LogP contribution < -0.4 is 10.6 Å². The highest BCUT2D eigenvalue weighted by Gasteiger charge is 2.20. The monoisotopic (exact) mass is 282 g/mol. The van der Waals surface area contributed by atoms with Gasteiger partial charge < -0.3 is 10.6 Å². The van der Waals surface area contributed by atoms with Crippen molar-refractivity contribution in [3.63, 3.8) is 0 Å². The van der Waals surface area contributed by atoms with Crippen LogP contribution in [-0.4, -0.2) is 49.6 Å². The Kier molecular flexibility index (Phi) is 8.67. The molecule has 0 spiro atoms. The van der Waals surface area contributed by atoms with Gasteiger partial charge in [-0.2, -0.15) is 0 Å². The Morgan fingerprint density at radius 2 is 2.15 bits per heavy atom. The van der Waals surface area contributed by atoms with Gasteiger partial charge in [0.2, 0.25) is 0 Å². The van der Waals surface area contributed by atoms with Crippen LogP contribution in [0.25, 0.3) is 0 Å². The number of hydrogen-bond donors (Lipinski definition) is 2. The van der Waals surface area contributed by atoms with E-state index in [4.69, 9.17) is 4.99 Å². The highest BCUT2D eigenvalue weighted by atomic mass is 15.2. The minimum absolute atomic E-state index is 0.541. The summed E-state index contributed by atoms with van der Waals surface area (Å²) in [5.74, 6) is 1.81. The Labute approximate surface area is 125 Å². The van der Waals surface area contributed by atoms with Crippen molar-refractivity contribution in [2.45, 2.75) is 59.4 Å². The van der Waals surface area contributed by atoms with E-state index in [1.165, 1.54) is 38.8 Å². The first kappa shape index (κ1) is 17.3. The largest absolute Gasteiger partial charge is 0.357 e. The van der Waals surface area contributed by atoms with Crippen LogP contribution in [0, 0.1) is 5.92 Å². The summed E-state index contributed by atoms with van der Waals surface area (Å²) in [5, 5.41) is 6.74. The molecule has 2 unspecified atom stereocenters. The molecule has 2 N–H and O–H groups in total. The zero-order chi connectivity index (χ0) is 14.8. The van der Waals surface area contributed by atoms with Gasteiger partial charge >= 0.3 is 0 Å². The molecule has 0 aromatic heterocycles. The Morgan fingerprint density at radius 1 is 1.35 bits per heavy atom. The second kappa shape index (κ2) is 10.0. The molecule has 1 rings (SSSR count). The lowest BCUT2D eigenvalue weighted by molar-refractivity contribution is 0.142. The summed E-state index contributed by atoms with van der Waals surface area (Å²) in [7, 11) is 0. The normalized spacial score (nSPS) is 22.6. The minimum atomic E-state index is 0.541. The maximum atomic E-state index is 4.74. The van der Waals surface area contributed by atoms with Crippen molar-refractivity contribution >= 4 is 5.96 Å². The average molecular weight is 282 g/mol. The molecule has 20 heavy (non-hydrogen) atoms. The molecule has 2 atom stereocenters. The molecule has 0 aliphatic carbocycles. The van der Waals surface area contributed by atoms with E-state index in [1.807, 2.05) is 0 Å². The lowest BCUT2D eigenvalue weighted by Gasteiger charge is -2.35. The summed E-state index contributed by atoms with van der Waals surface area (Å²) in [6.07, 6.45) is 5.13. The van der Waals surface area contributed by atoms with Gasteiger partial charge in [-0.1, -0.05) is 20.3 Å². The van der Waals surface area contributed by atoms with Crippen LogP contribution in [0.2, 0.25) is 0 Å². The number of guanidine groups is 1. The van der Waals surface area contributed by atoms with E-state index < -0.39 is 0 Å². The van der Waals surface area contributed by atoms with Crippen LogP contribution in [0.1, 0.15) is 53.4 Å². The van der Waals surface area contributed by atoms with E-state index in [0.717, 1.165) is 31.5 Å². The van der Waals surface area contributed by atoms with Crippen LogP contribution >= 0.6 is 0 Å². The lowest BCUT2D eigenvalue weighted by Crippen LogP contribution is -2.43. The molecule has 4 nitrogen and oxygen atoms in total. The Hall–Kier alpha value is -0.770. The van der Waals surface area contributed by atoms with Crippen LogP contribution in [-0.2, 0) is 0 Å². The Bertz CT molecular complexity index is 278. The predicted octanol–water partition coefficient (Wildman–Crippen LogP) is 2.46. The molecule has 118 valence electrons. The average Bonchev–Trinajstić information content (AvgIpc) is 2.44. The van der Waals surface area contributed by atoms with Crippen LogP contribution in [0.5, 0.6) is 0 Å². The standard InChI is InChI=1S/C16H34N4/c1-5-7-10-18-16(17-6-2)19-12-15(4)20-11-8-9-14(3)13-20/h14-15H,5-13H2,1-4H3,(H2,17,18,19). The molecule has 0 bridgehead atoms. The molecule has 4 heteroatoms. The topological polar surface area (TPSA) is 39.7 Å². The van der Waals surface area contributed by atoms with E-state index in [-0.39, 0.29) is 0 Å². The van der Waals surface area contributed by atoms with E-state index in [2.05, 4.69) is 43.2 Å². The van der Waals surface area contributed by atoms with Crippen LogP contribution in [0.15, 0.2) is 4.99 Å². The number of piperidine rings is 1. The number of hydrogen-bond acceptors (Lipinski definition) is 2. The van der Waals surface area contributed by atoms with Crippen molar-refractivity contribution < 1.29 is 0 Å². The highest BCUT2D eigenvalue weighted by Crippen LogP contribution is 2.17. The van der Waals surface area contributed by atoms with Gasteiger partial charge in [-0.25, -0.2) is 0 Å². The van der Waals surface area contributed by atoms with Crippen LogP contribution in [0.3, 0.4) is 0 Å². The first-order valence-electron chi connectivity index (χ1n) is 8.43. The second-order valence-electron chi connectivity index (χ2n) is 6.09. The quantitative estimate of drug-likeness (QED) is 0.428. The van der Waals surface area contributed by atoms with Gasteiger partial charge in [-0.15, -0.1) is 0 Å². The smallest absolute Gasteiger partial charge is 0.191 e. The summed E-state index contributed by atoms with van der Waals surface area (Å²) < 4.78 is 0. The summed E-state index contributed by atoms with van der Waals surface area (Å²) in [5.41, 5.74) is 0. The maximum Gasteiger partial charge on any atom is 0.191 e. The van der Waals surface area contributed by atoms with Gasteiger partial charge in [-0.3, -0.25) is 9.89 Å². The van der Waals surface area contributed by atoms with Crippen molar-refractivity contribution in [1.29, 1.82) is 0 Å². The van der Waals surface area contributed by atoms with Crippen molar-refractivity contribution in [2.24, 2.45) is 10.9 Å². The minimum Gasteiger partial charge on any atom is -0.357 e. The zero-order valence-electron chi connectivity index (χ0n) is 13.9. The van der Waals surface area contributed by atoms with Crippen LogP contribution in [0.4, 0.5) is 0 Å². The van der Waals surface area contributed by atoms with Gasteiger partial charge in [-0.05, 0) is 45.6 Å². The molecule has 0 amide bonds. The molecule has 1 heterocycles. The van der Waals surface area contributed by atoms with E-state index in [1.54, 1.807) is 0 Å². The third-order valence-corrected chi connectivity index (χ3v) is 3.99. The molecule has 1 saturated heterocycles. The molecule has 0 radical (unpaired) electrons. The van der Waals surface area contributed by atoms with Gasteiger partial charge in [0.25, 0.3) is 0 Å². The number of likely N-dealkylation sites (tertiary alicyclic amines) is 1. The second-order valence-corrected chi connectivity index (χ2v) is 6.09. The first-order valence-corrected chi connectivity index (χ1v) is 8.43. The molecule has 1 aliphatic rings. The fraction of sp³-hybridized carbons (Fsp3) is 0.938. The summed E-state index contributed by atoms with van der Waals surface area (Å²) in [6, 6.07) is 0.541. The third kappa shape index (κ3) is 6.60. The molecule has 1 aliphatic heterocycles. The predicted molar refractivity (Wildman–Crippen MR) is 88.3 cm³/mol. The third-order valence-electron chi connectivity index (χ3n) is 3.99. The molecule has 0 aromatic carbocycles. The van der Waals surface area contributed by atoms with E-state index >= 15 is 0 Å². The molecule has 0 saturated carbocycles. The van der Waals surface area contributed by atoms with Crippen molar-refractivity contribution in [2.75, 3.05) is 32.7 Å². The summed E-state index contributed by atoms with van der Waals surface area (Å²) in [6.45, 7) is 14.3. The van der Waals surface area contributed by atoms with Gasteiger partial charge in [0.05, 0.1) is 6.54 Å². The first-order chi connectivity index (χ1) is 9.67. The number of aliphatic imine (C=N–C) groups is 1. The Balaban J connectivity index is 2.39. The Morgan fingerprint density at radius 3 is 2.80 bits per heavy atom. The van der Waals surface area contributed by atoms with Crippen molar-refractivity contribution in [3.8, 4) is 0 Å². The van der Waals surface area contributed by atoms with Gasteiger partial charge in [0.1, 0.15) is 0 Å². The zero-order valence-corrected chi connectivity index (χ0v) is 13.9. The number of nitrogens with one attached hydrogen (secondary N) is 2. The lowest BCUT2D eigenvalue weighted by atomic mass is 9.99. The van der Waals surface area contributed by atoms with E-state index in [0.29, 0.717) is 6.04 Å². The maximum absolute atomic E-state index is 4.74.